The van der Waals surface area contributed by atoms with Crippen molar-refractivity contribution in [3.63, 3.8) is 0 Å². The van der Waals surface area contributed by atoms with Gasteiger partial charge < -0.3 is 14.5 Å². The van der Waals surface area contributed by atoms with E-state index in [1.165, 1.54) is 11.1 Å². The van der Waals surface area contributed by atoms with Crippen molar-refractivity contribution in [2.45, 2.75) is 19.8 Å². The zero-order chi connectivity index (χ0) is 12.1. The van der Waals surface area contributed by atoms with Crippen LogP contribution in [0.15, 0.2) is 10.7 Å². The highest BCUT2D eigenvalue weighted by Crippen LogP contribution is 2.09. The van der Waals surface area contributed by atoms with Crippen LogP contribution in [0.3, 0.4) is 0 Å². The van der Waals surface area contributed by atoms with Gasteiger partial charge in [-0.05, 0) is 13.3 Å². The Hall–Kier alpha value is -1.85. The smallest absolute Gasteiger partial charge is 0.303 e. The number of carbonyl (C=O) groups is 2. The maximum atomic E-state index is 11.8. The minimum atomic E-state index is -0.859. The summed E-state index contributed by atoms with van der Waals surface area (Å²) in [4.78, 5) is 23.5. The lowest BCUT2D eigenvalue weighted by molar-refractivity contribution is -0.137. The van der Waals surface area contributed by atoms with E-state index in [-0.39, 0.29) is 12.3 Å². The van der Waals surface area contributed by atoms with E-state index in [9.17, 15) is 9.59 Å². The number of aliphatic carboxylic acids is 1. The maximum Gasteiger partial charge on any atom is 0.303 e. The zero-order valence-corrected chi connectivity index (χ0v) is 9.27. The predicted octanol–water partition coefficient (Wildman–Crippen LogP) is 0.920. The van der Waals surface area contributed by atoms with Gasteiger partial charge in [-0.1, -0.05) is 5.16 Å². The van der Waals surface area contributed by atoms with Gasteiger partial charge in [0.1, 0.15) is 11.3 Å². The SMILES string of the molecule is Cc1oncc1C(=O)N(C)CCCC(=O)O. The molecule has 1 amide bonds. The Labute approximate surface area is 92.8 Å². The molecule has 1 N–H and O–H groups in total. The van der Waals surface area contributed by atoms with Gasteiger partial charge in [-0.2, -0.15) is 0 Å². The number of carboxylic acid groups (broad SMARTS) is 1. The Bertz CT molecular complexity index is 386. The highest BCUT2D eigenvalue weighted by Gasteiger charge is 2.16. The van der Waals surface area contributed by atoms with E-state index in [1.54, 1.807) is 14.0 Å². The molecule has 0 saturated heterocycles. The van der Waals surface area contributed by atoms with Gasteiger partial charge in [0.2, 0.25) is 0 Å². The van der Waals surface area contributed by atoms with E-state index in [0.29, 0.717) is 24.3 Å². The summed E-state index contributed by atoms with van der Waals surface area (Å²) in [6, 6.07) is 0. The Kier molecular flexibility index (Phi) is 4.04. The summed E-state index contributed by atoms with van der Waals surface area (Å²) in [6.07, 6.45) is 1.85. The van der Waals surface area contributed by atoms with E-state index in [1.807, 2.05) is 0 Å². The fraction of sp³-hybridized carbons (Fsp3) is 0.500. The number of carbonyl (C=O) groups excluding carboxylic acids is 1. The van der Waals surface area contributed by atoms with Crippen molar-refractivity contribution in [3.8, 4) is 0 Å². The molecule has 0 fully saturated rings. The molecule has 1 heterocycles. The molecule has 0 unspecified atom stereocenters. The molecule has 0 aliphatic rings. The minimum Gasteiger partial charge on any atom is -0.481 e. The molecule has 0 spiro atoms. The number of nitrogens with zero attached hydrogens (tertiary/aromatic N) is 2. The molecule has 0 saturated carbocycles. The fourth-order valence-corrected chi connectivity index (χ4v) is 1.28. The normalized spacial score (nSPS) is 10.1. The highest BCUT2D eigenvalue weighted by molar-refractivity contribution is 5.94. The summed E-state index contributed by atoms with van der Waals surface area (Å²) in [5.74, 6) is -0.596. The molecule has 0 aliphatic carbocycles. The Morgan fingerprint density at radius 2 is 2.25 bits per heavy atom. The lowest BCUT2D eigenvalue weighted by Crippen LogP contribution is -2.28. The van der Waals surface area contributed by atoms with Crippen LogP contribution in [0.1, 0.15) is 29.0 Å². The molecule has 1 aromatic rings. The molecule has 6 heteroatoms. The van der Waals surface area contributed by atoms with Crippen LogP contribution in [0.5, 0.6) is 0 Å². The number of aryl methyl sites for hydroxylation is 1. The van der Waals surface area contributed by atoms with Crippen molar-refractivity contribution in [3.05, 3.63) is 17.5 Å². The Morgan fingerprint density at radius 3 is 2.75 bits per heavy atom. The molecule has 1 aromatic heterocycles. The second kappa shape index (κ2) is 5.29. The van der Waals surface area contributed by atoms with E-state index in [4.69, 9.17) is 9.63 Å². The van der Waals surface area contributed by atoms with Crippen LogP contribution in [0.25, 0.3) is 0 Å². The summed E-state index contributed by atoms with van der Waals surface area (Å²) >= 11 is 0. The first-order valence-electron chi connectivity index (χ1n) is 4.91. The Morgan fingerprint density at radius 1 is 1.56 bits per heavy atom. The second-order valence-electron chi connectivity index (χ2n) is 3.52. The Balaban J connectivity index is 2.49. The quantitative estimate of drug-likeness (QED) is 0.807. The molecule has 0 bridgehead atoms. The number of aromatic nitrogens is 1. The molecular weight excluding hydrogens is 212 g/mol. The van der Waals surface area contributed by atoms with Gasteiger partial charge in [-0.25, -0.2) is 0 Å². The minimum absolute atomic E-state index is 0.0558. The van der Waals surface area contributed by atoms with Gasteiger partial charge in [-0.15, -0.1) is 0 Å². The number of amides is 1. The lowest BCUT2D eigenvalue weighted by atomic mass is 10.2. The molecule has 88 valence electrons. The van der Waals surface area contributed by atoms with E-state index in [0.717, 1.165) is 0 Å². The second-order valence-corrected chi connectivity index (χ2v) is 3.52. The third-order valence-electron chi connectivity index (χ3n) is 2.21. The van der Waals surface area contributed by atoms with Gasteiger partial charge >= 0.3 is 5.97 Å². The van der Waals surface area contributed by atoms with Crippen LogP contribution >= 0.6 is 0 Å². The average Bonchev–Trinajstić information content (AvgIpc) is 2.62. The molecule has 0 atom stereocenters. The molecule has 0 aromatic carbocycles. The van der Waals surface area contributed by atoms with Gasteiger partial charge in [0.15, 0.2) is 0 Å². The monoisotopic (exact) mass is 226 g/mol. The molecular formula is C10H14N2O4. The summed E-state index contributed by atoms with van der Waals surface area (Å²) in [6.45, 7) is 2.06. The molecule has 16 heavy (non-hydrogen) atoms. The van der Waals surface area contributed by atoms with E-state index < -0.39 is 5.97 Å². The van der Waals surface area contributed by atoms with Crippen molar-refractivity contribution < 1.29 is 19.2 Å². The third-order valence-corrected chi connectivity index (χ3v) is 2.21. The zero-order valence-electron chi connectivity index (χ0n) is 9.27. The molecule has 1 rings (SSSR count). The number of hydrogen-bond acceptors (Lipinski definition) is 4. The predicted molar refractivity (Wildman–Crippen MR) is 55.1 cm³/mol. The van der Waals surface area contributed by atoms with Crippen molar-refractivity contribution in [1.82, 2.24) is 10.1 Å². The van der Waals surface area contributed by atoms with Crippen LogP contribution in [0.4, 0.5) is 0 Å². The average molecular weight is 226 g/mol. The van der Waals surface area contributed by atoms with Crippen LogP contribution < -0.4 is 0 Å². The summed E-state index contributed by atoms with van der Waals surface area (Å²) in [5.41, 5.74) is 0.415. The number of carboxylic acids is 1. The molecule has 0 aliphatic heterocycles. The molecule has 0 radical (unpaired) electrons. The van der Waals surface area contributed by atoms with Crippen molar-refractivity contribution in [2.24, 2.45) is 0 Å². The first kappa shape index (κ1) is 12.2. The largest absolute Gasteiger partial charge is 0.481 e. The lowest BCUT2D eigenvalue weighted by Gasteiger charge is -2.15. The topological polar surface area (TPSA) is 83.6 Å². The standard InChI is InChI=1S/C10H14N2O4/c1-7-8(6-11-16-7)10(15)12(2)5-3-4-9(13)14/h6H,3-5H2,1-2H3,(H,13,14). The first-order valence-corrected chi connectivity index (χ1v) is 4.91. The number of rotatable bonds is 5. The number of hydrogen-bond donors (Lipinski definition) is 1. The van der Waals surface area contributed by atoms with Crippen molar-refractivity contribution in [2.75, 3.05) is 13.6 Å². The summed E-state index contributed by atoms with van der Waals surface area (Å²) in [5, 5.41) is 12.0. The van der Waals surface area contributed by atoms with E-state index >= 15 is 0 Å². The van der Waals surface area contributed by atoms with Crippen molar-refractivity contribution in [1.29, 1.82) is 0 Å². The van der Waals surface area contributed by atoms with Gasteiger partial charge in [0, 0.05) is 20.0 Å². The fourth-order valence-electron chi connectivity index (χ4n) is 1.28. The van der Waals surface area contributed by atoms with E-state index in [2.05, 4.69) is 5.16 Å². The van der Waals surface area contributed by atoms with Gasteiger partial charge in [-0.3, -0.25) is 9.59 Å². The van der Waals surface area contributed by atoms with Gasteiger partial charge in [0.25, 0.3) is 5.91 Å². The van der Waals surface area contributed by atoms with Crippen LogP contribution in [0, 0.1) is 6.92 Å². The maximum absolute atomic E-state index is 11.8. The summed E-state index contributed by atoms with van der Waals surface area (Å²) < 4.78 is 4.79. The highest BCUT2D eigenvalue weighted by atomic mass is 16.5. The van der Waals surface area contributed by atoms with Crippen LogP contribution in [-0.2, 0) is 4.79 Å². The van der Waals surface area contributed by atoms with Crippen LogP contribution in [-0.4, -0.2) is 40.6 Å². The first-order chi connectivity index (χ1) is 7.52. The summed E-state index contributed by atoms with van der Waals surface area (Å²) in [7, 11) is 1.62. The van der Waals surface area contributed by atoms with Crippen LogP contribution in [0.2, 0.25) is 0 Å². The molecule has 6 nitrogen and oxygen atoms in total. The third kappa shape index (κ3) is 3.08. The van der Waals surface area contributed by atoms with Crippen molar-refractivity contribution >= 4 is 11.9 Å². The van der Waals surface area contributed by atoms with Gasteiger partial charge in [0.05, 0.1) is 6.20 Å².